The quantitative estimate of drug-likeness (QED) is 0.127. The Morgan fingerprint density at radius 2 is 0.768 bits per heavy atom. The van der Waals surface area contributed by atoms with Gasteiger partial charge in [-0.15, -0.1) is 0 Å². The molecule has 0 atom stereocenters. The van der Waals surface area contributed by atoms with Crippen LogP contribution in [0.15, 0.2) is 200 Å². The van der Waals surface area contributed by atoms with Gasteiger partial charge in [-0.05, 0) is 134 Å². The average molecular weight is 720 g/mol. The number of anilines is 3. The summed E-state index contributed by atoms with van der Waals surface area (Å²) in [6, 6.07) is 72.8. The van der Waals surface area contributed by atoms with Gasteiger partial charge in [-0.2, -0.15) is 0 Å². The van der Waals surface area contributed by atoms with Crippen molar-refractivity contribution in [3.8, 4) is 44.5 Å². The molecule has 1 aliphatic carbocycles. The van der Waals surface area contributed by atoms with Crippen molar-refractivity contribution in [1.82, 2.24) is 0 Å². The maximum Gasteiger partial charge on any atom is 0.0465 e. The number of para-hydroxylation sites is 2. The predicted molar refractivity (Wildman–Crippen MR) is 240 cm³/mol. The number of hydrogen-bond donors (Lipinski definition) is 0. The van der Waals surface area contributed by atoms with E-state index in [1.165, 1.54) is 72.4 Å². The lowest BCUT2D eigenvalue weighted by atomic mass is 9.73. The molecule has 1 nitrogen and oxygen atoms in total. The lowest BCUT2D eigenvalue weighted by Gasteiger charge is -2.32. The van der Waals surface area contributed by atoms with Crippen LogP contribution in [-0.4, -0.2) is 0 Å². The van der Waals surface area contributed by atoms with Crippen LogP contribution in [0.1, 0.15) is 48.9 Å². The molecule has 0 fully saturated rings. The molecule has 9 rings (SSSR count). The summed E-state index contributed by atoms with van der Waals surface area (Å²) < 4.78 is 0. The monoisotopic (exact) mass is 719 g/mol. The Labute approximate surface area is 331 Å². The molecule has 0 aromatic heterocycles. The number of benzene rings is 8. The van der Waals surface area contributed by atoms with Gasteiger partial charge in [-0.1, -0.05) is 172 Å². The predicted octanol–water partition coefficient (Wildman–Crippen LogP) is 15.4. The second kappa shape index (κ2) is 15.2. The molecule has 0 radical (unpaired) electrons. The number of rotatable bonds is 10. The molecule has 56 heavy (non-hydrogen) atoms. The Hall–Kier alpha value is -6.70. The SMILES string of the molecule is CCC1(CC)c2cc(/C=C/c3ccc(-c4cc(-c5ccccc5)cc(-c5ccccc5)c4)cc3)ccc2-c2ccc(N(c3ccccc3)c3ccccc3)cc21. The third-order valence-electron chi connectivity index (χ3n) is 11.7. The Morgan fingerprint density at radius 3 is 1.27 bits per heavy atom. The second-order valence-electron chi connectivity index (χ2n) is 14.8. The molecule has 1 aliphatic rings. The first-order chi connectivity index (χ1) is 27.6. The summed E-state index contributed by atoms with van der Waals surface area (Å²) in [5.41, 5.74) is 18.7. The van der Waals surface area contributed by atoms with Gasteiger partial charge in [0, 0.05) is 22.5 Å². The zero-order valence-corrected chi connectivity index (χ0v) is 32.1. The fourth-order valence-corrected chi connectivity index (χ4v) is 8.72. The standard InChI is InChI=1S/C55H45N/c1-3-55(4-2)53-35-41(29-33-51(53)52-34-32-50(39-54(52)55)56(48-21-13-7-14-22-48)49-23-15-8-16-24-49)26-25-40-27-30-44(31-28-40)47-37-45(42-17-9-5-10-18-42)36-46(38-47)43-19-11-6-12-20-43/h5-39H,3-4H2,1-2H3/b26-25+. The molecule has 0 spiro atoms. The largest absolute Gasteiger partial charge is 0.310 e. The van der Waals surface area contributed by atoms with Gasteiger partial charge in [-0.3, -0.25) is 0 Å². The molecule has 0 saturated heterocycles. The zero-order chi connectivity index (χ0) is 37.9. The van der Waals surface area contributed by atoms with Crippen molar-refractivity contribution in [2.45, 2.75) is 32.1 Å². The van der Waals surface area contributed by atoms with E-state index >= 15 is 0 Å². The Balaban J connectivity index is 1.02. The number of hydrogen-bond acceptors (Lipinski definition) is 1. The van der Waals surface area contributed by atoms with Crippen LogP contribution in [0, 0.1) is 0 Å². The summed E-state index contributed by atoms with van der Waals surface area (Å²) in [6.07, 6.45) is 6.60. The van der Waals surface area contributed by atoms with Crippen LogP contribution in [0.2, 0.25) is 0 Å². The van der Waals surface area contributed by atoms with Crippen molar-refractivity contribution in [1.29, 1.82) is 0 Å². The smallest absolute Gasteiger partial charge is 0.0465 e. The molecule has 0 bridgehead atoms. The van der Waals surface area contributed by atoms with E-state index in [1.54, 1.807) is 0 Å². The molecule has 0 amide bonds. The highest BCUT2D eigenvalue weighted by atomic mass is 15.1. The lowest BCUT2D eigenvalue weighted by molar-refractivity contribution is 0.490. The highest BCUT2D eigenvalue weighted by Gasteiger charge is 2.41. The van der Waals surface area contributed by atoms with Gasteiger partial charge in [0.05, 0.1) is 0 Å². The Kier molecular flexibility index (Phi) is 9.51. The topological polar surface area (TPSA) is 3.24 Å². The van der Waals surface area contributed by atoms with Gasteiger partial charge in [0.15, 0.2) is 0 Å². The maximum absolute atomic E-state index is 2.46. The van der Waals surface area contributed by atoms with Crippen LogP contribution in [0.3, 0.4) is 0 Å². The van der Waals surface area contributed by atoms with Crippen molar-refractivity contribution in [3.05, 3.63) is 222 Å². The first-order valence-electron chi connectivity index (χ1n) is 19.9. The molecular weight excluding hydrogens is 675 g/mol. The van der Waals surface area contributed by atoms with Gasteiger partial charge < -0.3 is 4.90 Å². The summed E-state index contributed by atoms with van der Waals surface area (Å²) in [5.74, 6) is 0. The van der Waals surface area contributed by atoms with Crippen molar-refractivity contribution in [2.75, 3.05) is 4.90 Å². The van der Waals surface area contributed by atoms with E-state index in [0.29, 0.717) is 0 Å². The van der Waals surface area contributed by atoms with E-state index in [0.717, 1.165) is 24.2 Å². The van der Waals surface area contributed by atoms with Gasteiger partial charge >= 0.3 is 0 Å². The zero-order valence-electron chi connectivity index (χ0n) is 32.1. The van der Waals surface area contributed by atoms with E-state index in [1.807, 2.05) is 0 Å². The molecule has 0 heterocycles. The highest BCUT2D eigenvalue weighted by Crippen LogP contribution is 2.54. The first-order valence-corrected chi connectivity index (χ1v) is 19.9. The van der Waals surface area contributed by atoms with Crippen molar-refractivity contribution in [2.24, 2.45) is 0 Å². The average Bonchev–Trinajstić information content (AvgIpc) is 3.55. The van der Waals surface area contributed by atoms with Crippen LogP contribution >= 0.6 is 0 Å². The molecule has 8 aromatic rings. The molecule has 1 heteroatoms. The highest BCUT2D eigenvalue weighted by molar-refractivity contribution is 5.87. The minimum Gasteiger partial charge on any atom is -0.310 e. The Morgan fingerprint density at radius 1 is 0.357 bits per heavy atom. The van der Waals surface area contributed by atoms with Crippen LogP contribution in [-0.2, 0) is 5.41 Å². The fourth-order valence-electron chi connectivity index (χ4n) is 8.72. The number of fused-ring (bicyclic) bond motifs is 3. The maximum atomic E-state index is 2.46. The molecule has 0 aliphatic heterocycles. The van der Waals surface area contributed by atoms with Crippen LogP contribution in [0.4, 0.5) is 17.1 Å². The molecular formula is C55H45N. The first kappa shape index (κ1) is 35.0. The van der Waals surface area contributed by atoms with Crippen molar-refractivity contribution >= 4 is 29.2 Å². The summed E-state index contributed by atoms with van der Waals surface area (Å²) in [4.78, 5) is 2.38. The molecule has 0 unspecified atom stereocenters. The van der Waals surface area contributed by atoms with Crippen molar-refractivity contribution in [3.63, 3.8) is 0 Å². The van der Waals surface area contributed by atoms with Gasteiger partial charge in [0.25, 0.3) is 0 Å². The second-order valence-corrected chi connectivity index (χ2v) is 14.8. The van der Waals surface area contributed by atoms with Gasteiger partial charge in [-0.25, -0.2) is 0 Å². The van der Waals surface area contributed by atoms with E-state index in [4.69, 9.17) is 0 Å². The van der Waals surface area contributed by atoms with E-state index < -0.39 is 0 Å². The molecule has 0 saturated carbocycles. The molecule has 8 aromatic carbocycles. The summed E-state index contributed by atoms with van der Waals surface area (Å²) >= 11 is 0. The lowest BCUT2D eigenvalue weighted by Crippen LogP contribution is -2.23. The van der Waals surface area contributed by atoms with Gasteiger partial charge in [0.2, 0.25) is 0 Å². The third-order valence-corrected chi connectivity index (χ3v) is 11.7. The molecule has 0 N–H and O–H groups in total. The van der Waals surface area contributed by atoms with Gasteiger partial charge in [0.1, 0.15) is 0 Å². The summed E-state index contributed by atoms with van der Waals surface area (Å²) in [5, 5.41) is 0. The summed E-state index contributed by atoms with van der Waals surface area (Å²) in [6.45, 7) is 4.70. The fraction of sp³-hybridized carbons (Fsp3) is 0.0909. The van der Waals surface area contributed by atoms with E-state index in [2.05, 4.69) is 231 Å². The molecule has 270 valence electrons. The van der Waals surface area contributed by atoms with Crippen LogP contribution in [0.5, 0.6) is 0 Å². The van der Waals surface area contributed by atoms with Crippen LogP contribution in [0.25, 0.3) is 56.7 Å². The minimum atomic E-state index is -0.0574. The van der Waals surface area contributed by atoms with E-state index in [9.17, 15) is 0 Å². The van der Waals surface area contributed by atoms with E-state index in [-0.39, 0.29) is 5.41 Å². The third kappa shape index (κ3) is 6.56. The van der Waals surface area contributed by atoms with Crippen molar-refractivity contribution < 1.29 is 0 Å². The minimum absolute atomic E-state index is 0.0574. The Bertz CT molecular complexity index is 2520. The van der Waals surface area contributed by atoms with Crippen LogP contribution < -0.4 is 4.90 Å². The normalized spacial score (nSPS) is 12.7. The summed E-state index contributed by atoms with van der Waals surface area (Å²) in [7, 11) is 0. The number of nitrogens with zero attached hydrogens (tertiary/aromatic N) is 1.